The number of benzene rings is 1. The van der Waals surface area contributed by atoms with Crippen molar-refractivity contribution >= 4 is 6.08 Å². The lowest BCUT2D eigenvalue weighted by Gasteiger charge is -2.21. The zero-order valence-electron chi connectivity index (χ0n) is 12.5. The molecule has 0 aliphatic carbocycles. The fourth-order valence-corrected chi connectivity index (χ4v) is 2.11. The molecular formula is C17H27N. The number of allylic oxidation sites excluding steroid dienone is 1. The highest BCUT2D eigenvalue weighted by molar-refractivity contribution is 5.59. The third-order valence-corrected chi connectivity index (χ3v) is 3.32. The first-order valence-corrected chi connectivity index (χ1v) is 6.84. The number of hydrogen-bond donors (Lipinski definition) is 1. The highest BCUT2D eigenvalue weighted by atomic mass is 14.5. The summed E-state index contributed by atoms with van der Waals surface area (Å²) in [6.45, 7) is 12.0. The van der Waals surface area contributed by atoms with E-state index in [9.17, 15) is 0 Å². The first-order valence-electron chi connectivity index (χ1n) is 6.84. The third kappa shape index (κ3) is 3.99. The van der Waals surface area contributed by atoms with Crippen molar-refractivity contribution in [3.63, 3.8) is 0 Å². The first kappa shape index (κ1) is 15.0. The molecular weight excluding hydrogens is 218 g/mol. The standard InChI is InChI=1S/C17H27N/c1-13-11-15(17(3,4)5)12-14(2)16(13)9-7-6-8-10-18/h7,9,11-12H,6,8,10,18H2,1-5H3/b9-7+. The van der Waals surface area contributed by atoms with Gasteiger partial charge < -0.3 is 5.73 Å². The maximum Gasteiger partial charge on any atom is -0.00743 e. The smallest absolute Gasteiger partial charge is 0.00743 e. The predicted molar refractivity (Wildman–Crippen MR) is 81.9 cm³/mol. The largest absolute Gasteiger partial charge is 0.330 e. The molecule has 0 radical (unpaired) electrons. The number of hydrogen-bond acceptors (Lipinski definition) is 1. The Labute approximate surface area is 112 Å². The van der Waals surface area contributed by atoms with E-state index in [0.717, 1.165) is 19.4 Å². The summed E-state index contributed by atoms with van der Waals surface area (Å²) >= 11 is 0. The maximum absolute atomic E-state index is 5.50. The molecule has 0 bridgehead atoms. The van der Waals surface area contributed by atoms with Gasteiger partial charge in [-0.3, -0.25) is 0 Å². The van der Waals surface area contributed by atoms with Crippen LogP contribution in [-0.4, -0.2) is 6.54 Å². The Kier molecular flexibility index (Phi) is 5.15. The van der Waals surface area contributed by atoms with Gasteiger partial charge in [-0.05, 0) is 60.9 Å². The summed E-state index contributed by atoms with van der Waals surface area (Å²) in [6, 6.07) is 4.63. The van der Waals surface area contributed by atoms with Gasteiger partial charge in [0.1, 0.15) is 0 Å². The number of aryl methyl sites for hydroxylation is 2. The Bertz CT molecular complexity index is 399. The second kappa shape index (κ2) is 6.19. The molecule has 0 heterocycles. The van der Waals surface area contributed by atoms with Crippen LogP contribution in [0.2, 0.25) is 0 Å². The molecule has 1 aromatic rings. The van der Waals surface area contributed by atoms with E-state index in [2.05, 4.69) is 58.9 Å². The Morgan fingerprint density at radius 1 is 1.11 bits per heavy atom. The number of nitrogens with two attached hydrogens (primary N) is 1. The molecule has 0 saturated carbocycles. The van der Waals surface area contributed by atoms with Crippen molar-refractivity contribution in [2.45, 2.75) is 52.9 Å². The monoisotopic (exact) mass is 245 g/mol. The summed E-state index contributed by atoms with van der Waals surface area (Å²) in [5.41, 5.74) is 11.2. The molecule has 0 saturated heterocycles. The van der Waals surface area contributed by atoms with E-state index in [-0.39, 0.29) is 5.41 Å². The van der Waals surface area contributed by atoms with Crippen molar-refractivity contribution in [3.8, 4) is 0 Å². The Hall–Kier alpha value is -1.08. The SMILES string of the molecule is Cc1cc(C(C)(C)C)cc(C)c1/C=C/CCCN. The summed E-state index contributed by atoms with van der Waals surface area (Å²) in [6.07, 6.45) is 6.61. The molecule has 1 heteroatoms. The van der Waals surface area contributed by atoms with Gasteiger partial charge in [-0.25, -0.2) is 0 Å². The zero-order valence-corrected chi connectivity index (χ0v) is 12.5. The quantitative estimate of drug-likeness (QED) is 0.784. The molecule has 1 nitrogen and oxygen atoms in total. The second-order valence-corrected chi connectivity index (χ2v) is 6.11. The minimum absolute atomic E-state index is 0.220. The third-order valence-electron chi connectivity index (χ3n) is 3.32. The average molecular weight is 245 g/mol. The molecule has 0 unspecified atom stereocenters. The van der Waals surface area contributed by atoms with Crippen molar-refractivity contribution in [1.29, 1.82) is 0 Å². The minimum Gasteiger partial charge on any atom is -0.330 e. The zero-order chi connectivity index (χ0) is 13.8. The molecule has 18 heavy (non-hydrogen) atoms. The molecule has 0 aromatic heterocycles. The van der Waals surface area contributed by atoms with E-state index in [4.69, 9.17) is 5.73 Å². The van der Waals surface area contributed by atoms with Gasteiger partial charge in [0.2, 0.25) is 0 Å². The first-order chi connectivity index (χ1) is 8.36. The summed E-state index contributed by atoms with van der Waals surface area (Å²) in [4.78, 5) is 0. The van der Waals surface area contributed by atoms with E-state index in [1.165, 1.54) is 22.3 Å². The highest BCUT2D eigenvalue weighted by Gasteiger charge is 2.15. The topological polar surface area (TPSA) is 26.0 Å². The maximum atomic E-state index is 5.50. The minimum atomic E-state index is 0.220. The Balaban J connectivity index is 2.98. The van der Waals surface area contributed by atoms with Gasteiger partial charge in [-0.1, -0.05) is 45.1 Å². The van der Waals surface area contributed by atoms with Crippen molar-refractivity contribution < 1.29 is 0 Å². The van der Waals surface area contributed by atoms with Gasteiger partial charge in [0.25, 0.3) is 0 Å². The molecule has 0 amide bonds. The summed E-state index contributed by atoms with van der Waals surface area (Å²) < 4.78 is 0. The van der Waals surface area contributed by atoms with Crippen molar-refractivity contribution in [2.75, 3.05) is 6.54 Å². The lowest BCUT2D eigenvalue weighted by Crippen LogP contribution is -2.12. The van der Waals surface area contributed by atoms with Crippen molar-refractivity contribution in [3.05, 3.63) is 40.5 Å². The van der Waals surface area contributed by atoms with Crippen LogP contribution < -0.4 is 5.73 Å². The van der Waals surface area contributed by atoms with Crippen molar-refractivity contribution in [2.24, 2.45) is 5.73 Å². The molecule has 100 valence electrons. The van der Waals surface area contributed by atoms with E-state index < -0.39 is 0 Å². The molecule has 0 fully saturated rings. The van der Waals surface area contributed by atoms with Crippen LogP contribution in [0.1, 0.15) is 55.9 Å². The lowest BCUT2D eigenvalue weighted by molar-refractivity contribution is 0.589. The molecule has 2 N–H and O–H groups in total. The van der Waals surface area contributed by atoms with Gasteiger partial charge in [0.05, 0.1) is 0 Å². The van der Waals surface area contributed by atoms with Gasteiger partial charge in [-0.2, -0.15) is 0 Å². The average Bonchev–Trinajstić information content (AvgIpc) is 2.25. The lowest BCUT2D eigenvalue weighted by atomic mass is 9.84. The molecule has 0 aliphatic heterocycles. The fraction of sp³-hybridized carbons (Fsp3) is 0.529. The van der Waals surface area contributed by atoms with E-state index in [1.54, 1.807) is 0 Å². The molecule has 1 rings (SSSR count). The normalized spacial score (nSPS) is 12.3. The van der Waals surface area contributed by atoms with Crippen LogP contribution in [0.15, 0.2) is 18.2 Å². The predicted octanol–water partition coefficient (Wildman–Crippen LogP) is 4.35. The summed E-state index contributed by atoms with van der Waals surface area (Å²) in [7, 11) is 0. The summed E-state index contributed by atoms with van der Waals surface area (Å²) in [5, 5.41) is 0. The van der Waals surface area contributed by atoms with Gasteiger partial charge in [0.15, 0.2) is 0 Å². The highest BCUT2D eigenvalue weighted by Crippen LogP contribution is 2.27. The van der Waals surface area contributed by atoms with Crippen molar-refractivity contribution in [1.82, 2.24) is 0 Å². The molecule has 0 aliphatic rings. The van der Waals surface area contributed by atoms with Crippen LogP contribution in [0.5, 0.6) is 0 Å². The molecule has 0 spiro atoms. The van der Waals surface area contributed by atoms with Crippen LogP contribution in [0.25, 0.3) is 6.08 Å². The fourth-order valence-electron chi connectivity index (χ4n) is 2.11. The van der Waals surface area contributed by atoms with Crippen LogP contribution >= 0.6 is 0 Å². The Morgan fingerprint density at radius 3 is 2.11 bits per heavy atom. The van der Waals surface area contributed by atoms with Gasteiger partial charge in [0, 0.05) is 0 Å². The van der Waals surface area contributed by atoms with Crippen LogP contribution in [-0.2, 0) is 5.41 Å². The number of unbranched alkanes of at least 4 members (excludes halogenated alkanes) is 1. The summed E-state index contributed by atoms with van der Waals surface area (Å²) in [5.74, 6) is 0. The van der Waals surface area contributed by atoms with Gasteiger partial charge in [-0.15, -0.1) is 0 Å². The number of rotatable bonds is 4. The van der Waals surface area contributed by atoms with Crippen LogP contribution in [0.4, 0.5) is 0 Å². The van der Waals surface area contributed by atoms with Gasteiger partial charge >= 0.3 is 0 Å². The second-order valence-electron chi connectivity index (χ2n) is 6.11. The Morgan fingerprint density at radius 2 is 1.67 bits per heavy atom. The van der Waals surface area contributed by atoms with Crippen LogP contribution in [0, 0.1) is 13.8 Å². The molecule has 1 aromatic carbocycles. The van der Waals surface area contributed by atoms with E-state index in [1.807, 2.05) is 0 Å². The van der Waals surface area contributed by atoms with E-state index >= 15 is 0 Å². The van der Waals surface area contributed by atoms with Crippen LogP contribution in [0.3, 0.4) is 0 Å². The van der Waals surface area contributed by atoms with E-state index in [0.29, 0.717) is 0 Å². The molecule has 0 atom stereocenters.